The maximum Gasteiger partial charge on any atom is 0.155 e. The van der Waals surface area contributed by atoms with Crippen LogP contribution < -0.4 is 0 Å². The Morgan fingerprint density at radius 2 is 2.00 bits per heavy atom. The summed E-state index contributed by atoms with van der Waals surface area (Å²) in [4.78, 5) is 5.38. The lowest BCUT2D eigenvalue weighted by Gasteiger charge is -1.96. The SMILES string of the molecule is Clc1ccc(Sc2ncc(Br)s2)cc1. The number of rotatable bonds is 2. The fraction of sp³-hybridized carbons (Fsp3) is 0. The summed E-state index contributed by atoms with van der Waals surface area (Å²) in [7, 11) is 0. The van der Waals surface area contributed by atoms with Crippen molar-refractivity contribution in [2.75, 3.05) is 0 Å². The predicted molar refractivity (Wildman–Crippen MR) is 65.4 cm³/mol. The van der Waals surface area contributed by atoms with Gasteiger partial charge in [0.15, 0.2) is 4.34 Å². The molecule has 0 saturated heterocycles. The summed E-state index contributed by atoms with van der Waals surface area (Å²) in [6, 6.07) is 7.74. The number of thiazole rings is 1. The smallest absolute Gasteiger partial charge is 0.155 e. The van der Waals surface area contributed by atoms with Crippen LogP contribution in [0.2, 0.25) is 5.02 Å². The second-order valence-corrected chi connectivity index (χ2v) is 6.65. The fourth-order valence-corrected chi connectivity index (χ4v) is 3.58. The lowest BCUT2D eigenvalue weighted by molar-refractivity contribution is 1.24. The molecular weight excluding hydrogens is 302 g/mol. The van der Waals surface area contributed by atoms with Crippen molar-refractivity contribution in [3.8, 4) is 0 Å². The van der Waals surface area contributed by atoms with Crippen LogP contribution in [-0.2, 0) is 0 Å². The average Bonchev–Trinajstić information content (AvgIpc) is 2.56. The van der Waals surface area contributed by atoms with E-state index in [1.807, 2.05) is 30.5 Å². The number of aromatic nitrogens is 1. The molecule has 0 unspecified atom stereocenters. The average molecular weight is 307 g/mol. The second-order valence-electron chi connectivity index (χ2n) is 2.49. The van der Waals surface area contributed by atoms with Crippen LogP contribution in [0, 0.1) is 0 Å². The van der Waals surface area contributed by atoms with E-state index in [1.165, 1.54) is 0 Å². The molecule has 0 spiro atoms. The summed E-state index contributed by atoms with van der Waals surface area (Å²) < 4.78 is 2.08. The molecule has 2 rings (SSSR count). The molecule has 0 radical (unpaired) electrons. The van der Waals surface area contributed by atoms with Gasteiger partial charge in [0.25, 0.3) is 0 Å². The van der Waals surface area contributed by atoms with E-state index in [-0.39, 0.29) is 0 Å². The van der Waals surface area contributed by atoms with E-state index in [4.69, 9.17) is 11.6 Å². The van der Waals surface area contributed by atoms with E-state index in [0.29, 0.717) is 0 Å². The molecule has 0 aliphatic carbocycles. The van der Waals surface area contributed by atoms with Gasteiger partial charge in [0.05, 0.1) is 9.98 Å². The van der Waals surface area contributed by atoms with Crippen molar-refractivity contribution in [2.45, 2.75) is 9.24 Å². The Hall–Kier alpha value is -0.0300. The molecule has 0 atom stereocenters. The second kappa shape index (κ2) is 4.66. The highest BCUT2D eigenvalue weighted by Crippen LogP contribution is 2.33. The lowest BCUT2D eigenvalue weighted by atomic mass is 10.4. The van der Waals surface area contributed by atoms with Crippen LogP contribution in [0.3, 0.4) is 0 Å². The molecule has 1 nitrogen and oxygen atoms in total. The molecule has 1 aromatic heterocycles. The Bertz CT molecular complexity index is 427. The Morgan fingerprint density at radius 1 is 1.29 bits per heavy atom. The van der Waals surface area contributed by atoms with E-state index >= 15 is 0 Å². The molecule has 14 heavy (non-hydrogen) atoms. The molecule has 1 heterocycles. The molecule has 0 N–H and O–H groups in total. The van der Waals surface area contributed by atoms with E-state index < -0.39 is 0 Å². The molecular formula is C9H5BrClNS2. The van der Waals surface area contributed by atoms with Gasteiger partial charge in [-0.2, -0.15) is 0 Å². The zero-order valence-corrected chi connectivity index (χ0v) is 10.9. The minimum Gasteiger partial charge on any atom is -0.237 e. The highest BCUT2D eigenvalue weighted by atomic mass is 79.9. The largest absolute Gasteiger partial charge is 0.237 e. The van der Waals surface area contributed by atoms with Crippen LogP contribution in [0.4, 0.5) is 0 Å². The van der Waals surface area contributed by atoms with Gasteiger partial charge in [-0.15, -0.1) is 11.3 Å². The van der Waals surface area contributed by atoms with Crippen LogP contribution >= 0.6 is 50.6 Å². The number of benzene rings is 1. The van der Waals surface area contributed by atoms with Gasteiger partial charge in [-0.3, -0.25) is 0 Å². The van der Waals surface area contributed by atoms with Gasteiger partial charge in [0.1, 0.15) is 0 Å². The molecule has 0 fully saturated rings. The Labute approximate surface area is 104 Å². The zero-order valence-electron chi connectivity index (χ0n) is 6.91. The van der Waals surface area contributed by atoms with Crippen molar-refractivity contribution in [3.05, 3.63) is 39.3 Å². The first kappa shape index (κ1) is 10.5. The minimum absolute atomic E-state index is 0.759. The van der Waals surface area contributed by atoms with Gasteiger partial charge in [0.2, 0.25) is 0 Å². The van der Waals surface area contributed by atoms with Crippen molar-refractivity contribution in [1.29, 1.82) is 0 Å². The molecule has 5 heteroatoms. The van der Waals surface area contributed by atoms with Crippen molar-refractivity contribution in [2.24, 2.45) is 0 Å². The van der Waals surface area contributed by atoms with Gasteiger partial charge in [-0.1, -0.05) is 23.4 Å². The Kier molecular flexibility index (Phi) is 3.49. The van der Waals surface area contributed by atoms with E-state index in [2.05, 4.69) is 20.9 Å². The van der Waals surface area contributed by atoms with E-state index in [9.17, 15) is 0 Å². The topological polar surface area (TPSA) is 12.9 Å². The number of halogens is 2. The van der Waals surface area contributed by atoms with Gasteiger partial charge in [0, 0.05) is 9.92 Å². The predicted octanol–water partition coefficient (Wildman–Crippen LogP) is 4.71. The zero-order chi connectivity index (χ0) is 9.97. The molecule has 0 aliphatic rings. The summed E-state index contributed by atoms with van der Waals surface area (Å²) >= 11 is 12.4. The van der Waals surface area contributed by atoms with Crippen LogP contribution in [0.1, 0.15) is 0 Å². The molecule has 1 aromatic carbocycles. The summed E-state index contributed by atoms with van der Waals surface area (Å²) in [6.07, 6.45) is 1.81. The highest BCUT2D eigenvalue weighted by molar-refractivity contribution is 9.11. The minimum atomic E-state index is 0.759. The van der Waals surface area contributed by atoms with E-state index in [1.54, 1.807) is 23.1 Å². The number of nitrogens with zero attached hydrogens (tertiary/aromatic N) is 1. The lowest BCUT2D eigenvalue weighted by Crippen LogP contribution is -1.70. The molecule has 0 bridgehead atoms. The molecule has 72 valence electrons. The summed E-state index contributed by atoms with van der Waals surface area (Å²) in [6.45, 7) is 0. The number of hydrogen-bond donors (Lipinski definition) is 0. The van der Waals surface area contributed by atoms with Crippen LogP contribution in [0.25, 0.3) is 0 Å². The van der Waals surface area contributed by atoms with Crippen molar-refractivity contribution in [1.82, 2.24) is 4.98 Å². The molecule has 0 aliphatic heterocycles. The monoisotopic (exact) mass is 305 g/mol. The van der Waals surface area contributed by atoms with Crippen LogP contribution in [0.15, 0.2) is 43.5 Å². The fourth-order valence-electron chi connectivity index (χ4n) is 0.890. The summed E-state index contributed by atoms with van der Waals surface area (Å²) in [5, 5.41) is 0.759. The number of hydrogen-bond acceptors (Lipinski definition) is 3. The van der Waals surface area contributed by atoms with E-state index in [0.717, 1.165) is 18.0 Å². The van der Waals surface area contributed by atoms with Crippen molar-refractivity contribution < 1.29 is 0 Å². The molecule has 0 saturated carbocycles. The first-order valence-corrected chi connectivity index (χ1v) is 6.59. The third-order valence-corrected chi connectivity index (χ3v) is 4.29. The van der Waals surface area contributed by atoms with Gasteiger partial charge >= 0.3 is 0 Å². The first-order valence-electron chi connectivity index (χ1n) is 3.79. The third kappa shape index (κ3) is 2.73. The molecule has 0 amide bonds. The molecule has 2 aromatic rings. The quantitative estimate of drug-likeness (QED) is 0.797. The van der Waals surface area contributed by atoms with Gasteiger partial charge in [-0.05, 0) is 40.2 Å². The van der Waals surface area contributed by atoms with Crippen molar-refractivity contribution in [3.63, 3.8) is 0 Å². The maximum absolute atomic E-state index is 5.79. The van der Waals surface area contributed by atoms with Crippen LogP contribution in [0.5, 0.6) is 0 Å². The summed E-state index contributed by atoms with van der Waals surface area (Å²) in [5.41, 5.74) is 0. The normalized spacial score (nSPS) is 10.4. The third-order valence-electron chi connectivity index (χ3n) is 1.48. The van der Waals surface area contributed by atoms with Crippen molar-refractivity contribution >= 4 is 50.6 Å². The Balaban J connectivity index is 2.15. The van der Waals surface area contributed by atoms with Gasteiger partial charge in [-0.25, -0.2) is 4.98 Å². The summed E-state index contributed by atoms with van der Waals surface area (Å²) in [5.74, 6) is 0. The first-order chi connectivity index (χ1) is 6.74. The standard InChI is InChI=1S/C9H5BrClNS2/c10-8-5-12-9(14-8)13-7-3-1-6(11)2-4-7/h1-5H. The van der Waals surface area contributed by atoms with Crippen LogP contribution in [-0.4, -0.2) is 4.98 Å². The maximum atomic E-state index is 5.79. The van der Waals surface area contributed by atoms with Gasteiger partial charge < -0.3 is 0 Å². The Morgan fingerprint density at radius 3 is 2.57 bits per heavy atom. The highest BCUT2D eigenvalue weighted by Gasteiger charge is 2.01.